The van der Waals surface area contributed by atoms with E-state index in [4.69, 9.17) is 9.05 Å². The average molecular weight is 697 g/mol. The number of carbonyl (C=O) groups excluding carboxylic acids is 2. The van der Waals surface area contributed by atoms with Crippen LogP contribution in [-0.2, 0) is 27.8 Å². The minimum Gasteiger partial charge on any atom is -0.359 e. The van der Waals surface area contributed by atoms with Gasteiger partial charge in [0.25, 0.3) is 11.8 Å². The van der Waals surface area contributed by atoms with Crippen LogP contribution in [0.5, 0.6) is 0 Å². The van der Waals surface area contributed by atoms with Gasteiger partial charge in [0.1, 0.15) is 0 Å². The van der Waals surface area contributed by atoms with Crippen molar-refractivity contribution in [2.75, 3.05) is 23.6 Å². The second kappa shape index (κ2) is 14.5. The summed E-state index contributed by atoms with van der Waals surface area (Å²) in [6, 6.07) is 17.7. The number of carbonyl (C=O) groups is 2. The summed E-state index contributed by atoms with van der Waals surface area (Å²) in [4.78, 5) is 50.7. The Balaban J connectivity index is 0.000000251. The molecule has 0 aliphatic carbocycles. The van der Waals surface area contributed by atoms with E-state index in [1.54, 1.807) is 42.5 Å². The van der Waals surface area contributed by atoms with Crippen molar-refractivity contribution in [2.45, 2.75) is 42.5 Å². The first-order valence-electron chi connectivity index (χ1n) is 14.1. The summed E-state index contributed by atoms with van der Waals surface area (Å²) in [5, 5.41) is 0. The average Bonchev–Trinajstić information content (AvgIpc) is 3.69. The molecule has 14 heteroatoms. The van der Waals surface area contributed by atoms with E-state index in [0.29, 0.717) is 27.1 Å². The van der Waals surface area contributed by atoms with Crippen molar-refractivity contribution in [1.29, 1.82) is 0 Å². The summed E-state index contributed by atoms with van der Waals surface area (Å²) in [6.45, 7) is 7.73. The normalized spacial score (nSPS) is 15.6. The van der Waals surface area contributed by atoms with Crippen LogP contribution >= 0.6 is 15.5 Å². The van der Waals surface area contributed by atoms with Crippen LogP contribution in [0.25, 0.3) is 23.3 Å². The predicted octanol–water partition coefficient (Wildman–Crippen LogP) is 7.80. The molecule has 0 saturated heterocycles. The maximum absolute atomic E-state index is 13.0. The van der Waals surface area contributed by atoms with Gasteiger partial charge in [-0.05, 0) is 75.2 Å². The second-order valence-electron chi connectivity index (χ2n) is 10.8. The van der Waals surface area contributed by atoms with Gasteiger partial charge >= 0.3 is 15.5 Å². The van der Waals surface area contributed by atoms with Gasteiger partial charge in [-0.2, -0.15) is 0 Å². The van der Waals surface area contributed by atoms with Gasteiger partial charge in [0, 0.05) is 48.1 Å². The monoisotopic (exact) mass is 696 g/mol. The zero-order valence-electron chi connectivity index (χ0n) is 26.1. The lowest BCUT2D eigenvalue weighted by atomic mass is 10.1. The highest BCUT2D eigenvalue weighted by atomic mass is 31.2. The van der Waals surface area contributed by atoms with Crippen LogP contribution in [0, 0.1) is 27.7 Å². The van der Waals surface area contributed by atoms with E-state index in [1.807, 2.05) is 52.0 Å². The van der Waals surface area contributed by atoms with Crippen molar-refractivity contribution in [3.05, 3.63) is 106 Å². The topological polar surface area (TPSA) is 165 Å². The summed E-state index contributed by atoms with van der Waals surface area (Å²) in [5.74, 6) is -1.10. The van der Waals surface area contributed by atoms with E-state index in [2.05, 4.69) is 9.97 Å². The summed E-state index contributed by atoms with van der Waals surface area (Å²) >= 11 is 0. The fraction of sp³-hybridized carbons (Fsp3) is 0.235. The maximum Gasteiger partial charge on any atom is 0.441 e. The molecule has 2 amide bonds. The second-order valence-corrected chi connectivity index (χ2v) is 14.3. The lowest BCUT2D eigenvalue weighted by molar-refractivity contribution is -0.113. The van der Waals surface area contributed by atoms with Crippen LogP contribution in [0.15, 0.2) is 60.7 Å². The van der Waals surface area contributed by atoms with Gasteiger partial charge in [-0.15, -0.1) is 0 Å². The molecule has 48 heavy (non-hydrogen) atoms. The van der Waals surface area contributed by atoms with Gasteiger partial charge in [0.2, 0.25) is 0 Å². The Morgan fingerprint density at radius 3 is 1.40 bits per heavy atom. The van der Waals surface area contributed by atoms with Crippen molar-refractivity contribution in [3.8, 4) is 0 Å². The Morgan fingerprint density at radius 1 is 0.667 bits per heavy atom. The van der Waals surface area contributed by atoms with Crippen LogP contribution in [0.4, 0.5) is 11.4 Å². The number of aromatic nitrogens is 2. The molecule has 4 heterocycles. The number of amides is 2. The maximum atomic E-state index is 13.0. The fourth-order valence-electron chi connectivity index (χ4n) is 5.56. The Hall–Kier alpha value is -4.28. The zero-order chi connectivity index (χ0) is 33.6. The third-order valence-electron chi connectivity index (χ3n) is 7.61. The van der Waals surface area contributed by atoms with E-state index in [0.717, 1.165) is 38.6 Å². The predicted molar refractivity (Wildman–Crippen MR) is 191 cm³/mol. The lowest BCUT2D eigenvalue weighted by Gasteiger charge is -2.24. The van der Waals surface area contributed by atoms with Crippen LogP contribution < -0.4 is 9.34 Å². The Labute approximate surface area is 280 Å². The third kappa shape index (κ3) is 6.96. The van der Waals surface area contributed by atoms with E-state index < -0.39 is 27.3 Å². The molecule has 6 rings (SSSR count). The number of para-hydroxylation sites is 2. The minimum atomic E-state index is -4.72. The van der Waals surface area contributed by atoms with Gasteiger partial charge in [0.15, 0.2) is 0 Å². The molecule has 0 unspecified atom stereocenters. The van der Waals surface area contributed by atoms with Crippen LogP contribution in [0.1, 0.15) is 59.9 Å². The molecule has 0 spiro atoms. The van der Waals surface area contributed by atoms with Crippen LogP contribution in [-0.4, -0.2) is 45.8 Å². The number of nitrogens with one attached hydrogen (secondary N) is 2. The summed E-state index contributed by atoms with van der Waals surface area (Å²) in [5.41, 5.74) is 8.23. The Bertz CT molecular complexity index is 2010. The number of benzene rings is 2. The largest absolute Gasteiger partial charge is 0.441 e. The van der Waals surface area contributed by atoms with Crippen LogP contribution in [0.3, 0.4) is 0 Å². The van der Waals surface area contributed by atoms with Crippen molar-refractivity contribution in [3.63, 3.8) is 0 Å². The van der Waals surface area contributed by atoms with Gasteiger partial charge in [-0.3, -0.25) is 18.6 Å². The van der Waals surface area contributed by atoms with Crippen molar-refractivity contribution in [1.82, 2.24) is 9.97 Å². The zero-order valence-corrected chi connectivity index (χ0v) is 27.8. The molecule has 12 nitrogen and oxygen atoms in total. The molecule has 2 aliphatic rings. The molecule has 0 radical (unpaired) electrons. The molecule has 4 aromatic rings. The summed E-state index contributed by atoms with van der Waals surface area (Å²) in [7, 11) is -5.92. The molecule has 0 atom stereocenters. The van der Waals surface area contributed by atoms with Crippen molar-refractivity contribution < 1.29 is 37.6 Å². The number of hydrogen-bond acceptors (Lipinski definition) is 6. The summed E-state index contributed by atoms with van der Waals surface area (Å²) < 4.78 is 36.2. The quantitative estimate of drug-likeness (QED) is 0.117. The first-order valence-corrected chi connectivity index (χ1v) is 17.2. The number of rotatable bonds is 6. The SMILES string of the molecule is C.C.COP(=O)(OC)N1C(=O)/C(=C\c2[nH]c(C)cc2C)c2ccccc21.Cc1cc(C)c(/C=C2\C(=O)N(P(=O)(O)O)c3ccccc32)[nH]1. The number of anilines is 2. The Kier molecular flexibility index (Phi) is 11.5. The fourth-order valence-corrected chi connectivity index (χ4v) is 7.60. The van der Waals surface area contributed by atoms with Crippen molar-refractivity contribution in [2.24, 2.45) is 0 Å². The number of nitrogens with zero attached hydrogens (tertiary/aromatic N) is 2. The third-order valence-corrected chi connectivity index (χ3v) is 10.3. The minimum absolute atomic E-state index is 0. The summed E-state index contributed by atoms with van der Waals surface area (Å²) in [6.07, 6.45) is 3.41. The smallest absolute Gasteiger partial charge is 0.359 e. The van der Waals surface area contributed by atoms with Gasteiger partial charge in [-0.25, -0.2) is 18.5 Å². The number of aryl methyl sites for hydroxylation is 4. The van der Waals surface area contributed by atoms with E-state index in [9.17, 15) is 28.5 Å². The molecular formula is C34H42N4O8P2. The highest BCUT2D eigenvalue weighted by molar-refractivity contribution is 7.57. The first kappa shape index (κ1) is 38.2. The highest BCUT2D eigenvalue weighted by Gasteiger charge is 2.45. The molecule has 4 N–H and O–H groups in total. The van der Waals surface area contributed by atoms with Crippen LogP contribution in [0.2, 0.25) is 0 Å². The molecule has 2 aromatic carbocycles. The molecule has 0 fully saturated rings. The van der Waals surface area contributed by atoms with E-state index in [1.165, 1.54) is 20.3 Å². The standard InChI is InChI=1S/C17H19N2O4P.C15H15N2O4P.2CH4/c1-11-9-12(2)18-15(11)10-14-13-7-5-6-8-16(13)19(17(14)20)24(21,22-3)23-4;1-9-7-10(2)16-13(9)8-12-11-5-3-4-6-14(11)17(15(12)18)22(19,20)21;;/h5-10,18H,1-4H3;3-8,16H,1-2H3,(H2,19,20,21);2*1H4/b14-10-;12-8-;;. The molecule has 2 aliphatic heterocycles. The molecular weight excluding hydrogens is 654 g/mol. The number of H-pyrrole nitrogens is 2. The highest BCUT2D eigenvalue weighted by Crippen LogP contribution is 2.58. The first-order chi connectivity index (χ1) is 21.7. The molecule has 0 saturated carbocycles. The number of fused-ring (bicyclic) bond motifs is 2. The van der Waals surface area contributed by atoms with Gasteiger partial charge in [-0.1, -0.05) is 51.3 Å². The number of aromatic amines is 2. The lowest BCUT2D eigenvalue weighted by Crippen LogP contribution is -2.24. The van der Waals surface area contributed by atoms with Crippen molar-refractivity contribution >= 4 is 62.0 Å². The van der Waals surface area contributed by atoms with E-state index >= 15 is 0 Å². The Morgan fingerprint density at radius 2 is 1.04 bits per heavy atom. The molecule has 256 valence electrons. The molecule has 2 aromatic heterocycles. The number of hydrogen-bond donors (Lipinski definition) is 4. The van der Waals surface area contributed by atoms with Gasteiger partial charge in [0.05, 0.1) is 22.5 Å². The van der Waals surface area contributed by atoms with E-state index in [-0.39, 0.29) is 26.1 Å². The van der Waals surface area contributed by atoms with Gasteiger partial charge < -0.3 is 19.8 Å². The molecule has 0 bridgehead atoms.